The molecule has 1 fully saturated rings. The van der Waals surface area contributed by atoms with Crippen molar-refractivity contribution in [1.82, 2.24) is 0 Å². The molecule has 0 radical (unpaired) electrons. The average Bonchev–Trinajstić information content (AvgIpc) is 3.13. The summed E-state index contributed by atoms with van der Waals surface area (Å²) in [4.78, 5) is 0. The van der Waals surface area contributed by atoms with E-state index in [2.05, 4.69) is 90.1 Å². The van der Waals surface area contributed by atoms with Gasteiger partial charge in [-0.3, -0.25) is 0 Å². The summed E-state index contributed by atoms with van der Waals surface area (Å²) in [5.74, 6) is 0. The van der Waals surface area contributed by atoms with Crippen LogP contribution in [-0.2, 0) is 54.5 Å². The Labute approximate surface area is 301 Å². The molecule has 5 atom stereocenters. The van der Waals surface area contributed by atoms with E-state index in [0.717, 1.165) is 22.3 Å². The van der Waals surface area contributed by atoms with Crippen molar-refractivity contribution in [1.29, 1.82) is 0 Å². The number of benzene rings is 4. The van der Waals surface area contributed by atoms with Gasteiger partial charge in [0.25, 0.3) is 0 Å². The Bertz CT molecular complexity index is 1480. The Kier molecular flexibility index (Phi) is 14.4. The molecule has 0 spiro atoms. The molecule has 0 N–H and O–H groups in total. The maximum absolute atomic E-state index is 7.20. The van der Waals surface area contributed by atoms with E-state index in [9.17, 15) is 0 Å². The van der Waals surface area contributed by atoms with Gasteiger partial charge in [-0.05, 0) is 38.9 Å². The molecule has 4 aromatic rings. The zero-order valence-corrected chi connectivity index (χ0v) is 31.7. The zero-order valence-electron chi connectivity index (χ0n) is 30.7. The SMILES string of the molecule is CC(C)[Si](OC[C@H]1O[C@@H](OCc2ccccc2)[C@H](OCc2ccccc2)[C@@H](OCc2ccccc2)[C@H]1OCc1ccccc1)(C(C)C)C(C)C. The Morgan fingerprint density at radius 1 is 0.460 bits per heavy atom. The van der Waals surface area contributed by atoms with Crippen molar-refractivity contribution in [3.8, 4) is 0 Å². The van der Waals surface area contributed by atoms with E-state index < -0.39 is 39.0 Å². The van der Waals surface area contributed by atoms with E-state index in [1.165, 1.54) is 0 Å². The van der Waals surface area contributed by atoms with Gasteiger partial charge in [-0.15, -0.1) is 0 Å². The summed E-state index contributed by atoms with van der Waals surface area (Å²) in [7, 11) is -2.24. The maximum Gasteiger partial charge on any atom is 0.200 e. The van der Waals surface area contributed by atoms with Crippen LogP contribution in [0.4, 0.5) is 0 Å². The summed E-state index contributed by atoms with van der Waals surface area (Å²) >= 11 is 0. The van der Waals surface area contributed by atoms with E-state index in [0.29, 0.717) is 49.7 Å². The van der Waals surface area contributed by atoms with Crippen molar-refractivity contribution < 1.29 is 28.1 Å². The van der Waals surface area contributed by atoms with Crippen LogP contribution in [0.1, 0.15) is 63.8 Å². The highest BCUT2D eigenvalue weighted by molar-refractivity contribution is 6.77. The smallest absolute Gasteiger partial charge is 0.200 e. The van der Waals surface area contributed by atoms with Crippen molar-refractivity contribution in [3.63, 3.8) is 0 Å². The molecular weight excluding hydrogens is 641 g/mol. The van der Waals surface area contributed by atoms with Gasteiger partial charge in [0, 0.05) is 0 Å². The fourth-order valence-electron chi connectivity index (χ4n) is 7.49. The van der Waals surface area contributed by atoms with Gasteiger partial charge in [0.05, 0.1) is 33.0 Å². The van der Waals surface area contributed by atoms with Gasteiger partial charge < -0.3 is 28.1 Å². The summed E-state index contributed by atoms with van der Waals surface area (Å²) in [6.45, 7) is 15.8. The molecule has 1 saturated heterocycles. The quantitative estimate of drug-likeness (QED) is 0.0966. The summed E-state index contributed by atoms with van der Waals surface area (Å²) in [6.07, 6.45) is -2.77. The maximum atomic E-state index is 7.20. The highest BCUT2D eigenvalue weighted by Gasteiger charge is 2.51. The molecule has 0 saturated carbocycles. The van der Waals surface area contributed by atoms with Gasteiger partial charge in [0.1, 0.15) is 24.4 Å². The molecule has 268 valence electrons. The second-order valence-electron chi connectivity index (χ2n) is 14.3. The van der Waals surface area contributed by atoms with E-state index >= 15 is 0 Å². The number of hydrogen-bond donors (Lipinski definition) is 0. The lowest BCUT2D eigenvalue weighted by Gasteiger charge is -2.48. The summed E-state index contributed by atoms with van der Waals surface area (Å²) < 4.78 is 41.4. The first-order chi connectivity index (χ1) is 24.3. The second kappa shape index (κ2) is 18.9. The van der Waals surface area contributed by atoms with Gasteiger partial charge in [0.2, 0.25) is 0 Å². The molecule has 0 aromatic heterocycles. The van der Waals surface area contributed by atoms with Crippen molar-refractivity contribution in [3.05, 3.63) is 144 Å². The van der Waals surface area contributed by atoms with E-state index in [4.69, 9.17) is 28.1 Å². The minimum absolute atomic E-state index is 0.369. The second-order valence-corrected chi connectivity index (χ2v) is 19.7. The molecule has 7 heteroatoms. The number of hydrogen-bond acceptors (Lipinski definition) is 6. The van der Waals surface area contributed by atoms with Gasteiger partial charge >= 0.3 is 0 Å². The van der Waals surface area contributed by atoms with Gasteiger partial charge in [0.15, 0.2) is 14.6 Å². The largest absolute Gasteiger partial charge is 0.413 e. The summed E-state index contributed by atoms with van der Waals surface area (Å²) in [6, 6.07) is 40.9. The predicted octanol–water partition coefficient (Wildman–Crippen LogP) is 9.88. The molecule has 0 unspecified atom stereocenters. The molecule has 1 heterocycles. The first kappa shape index (κ1) is 38.1. The Morgan fingerprint density at radius 2 is 0.800 bits per heavy atom. The first-order valence-corrected chi connectivity index (χ1v) is 20.3. The fourth-order valence-corrected chi connectivity index (χ4v) is 12.9. The standard InChI is InChI=1S/C43H56O6Si/c1-32(2)50(33(3)4,34(5)6)48-31-39-40(44-27-35-19-11-7-12-20-35)41(45-28-36-21-13-8-14-22-36)42(46-29-37-23-15-9-16-24-37)43(49-39)47-30-38-25-17-10-18-26-38/h7-26,32-34,39-43H,27-31H2,1-6H3/t39-,40+,41+,42-,43-/m1/s1. The molecule has 50 heavy (non-hydrogen) atoms. The Balaban J connectivity index is 1.52. The van der Waals surface area contributed by atoms with Crippen LogP contribution in [-0.4, -0.2) is 45.6 Å². The summed E-state index contributed by atoms with van der Waals surface area (Å²) in [5, 5.41) is 0. The molecule has 0 bridgehead atoms. The van der Waals surface area contributed by atoms with Crippen LogP contribution in [0, 0.1) is 0 Å². The molecule has 0 aliphatic carbocycles. The van der Waals surface area contributed by atoms with Crippen LogP contribution in [0.3, 0.4) is 0 Å². The van der Waals surface area contributed by atoms with E-state index in [-0.39, 0.29) is 0 Å². The van der Waals surface area contributed by atoms with E-state index in [1.54, 1.807) is 0 Å². The average molecular weight is 697 g/mol. The number of rotatable bonds is 18. The Morgan fingerprint density at radius 3 is 1.18 bits per heavy atom. The van der Waals surface area contributed by atoms with Gasteiger partial charge in [-0.1, -0.05) is 163 Å². The normalized spacial score (nSPS) is 21.3. The fraction of sp³-hybridized carbons (Fsp3) is 0.442. The molecular formula is C43H56O6Si. The lowest BCUT2D eigenvalue weighted by molar-refractivity contribution is -0.328. The zero-order chi connectivity index (χ0) is 35.3. The topological polar surface area (TPSA) is 55.4 Å². The van der Waals surface area contributed by atoms with Crippen molar-refractivity contribution in [2.24, 2.45) is 0 Å². The highest BCUT2D eigenvalue weighted by Crippen LogP contribution is 2.43. The third kappa shape index (κ3) is 10.0. The lowest BCUT2D eigenvalue weighted by Crippen LogP contribution is -2.62. The molecule has 4 aromatic carbocycles. The molecule has 1 aliphatic rings. The minimum atomic E-state index is -2.24. The molecule has 6 nitrogen and oxygen atoms in total. The lowest BCUT2D eigenvalue weighted by atomic mass is 9.97. The monoisotopic (exact) mass is 696 g/mol. The van der Waals surface area contributed by atoms with Crippen LogP contribution in [0.5, 0.6) is 0 Å². The molecule has 1 aliphatic heterocycles. The van der Waals surface area contributed by atoms with Crippen molar-refractivity contribution >= 4 is 8.32 Å². The predicted molar refractivity (Wildman–Crippen MR) is 202 cm³/mol. The Hall–Kier alpha value is -3.14. The van der Waals surface area contributed by atoms with E-state index in [1.807, 2.05) is 72.8 Å². The van der Waals surface area contributed by atoms with Crippen molar-refractivity contribution in [2.45, 2.75) is 115 Å². The van der Waals surface area contributed by atoms with Gasteiger partial charge in [-0.2, -0.15) is 0 Å². The first-order valence-electron chi connectivity index (χ1n) is 18.2. The van der Waals surface area contributed by atoms with Crippen LogP contribution >= 0.6 is 0 Å². The minimum Gasteiger partial charge on any atom is -0.413 e. The van der Waals surface area contributed by atoms with Gasteiger partial charge in [-0.25, -0.2) is 0 Å². The van der Waals surface area contributed by atoms with Crippen LogP contribution in [0.25, 0.3) is 0 Å². The third-order valence-electron chi connectivity index (χ3n) is 9.91. The van der Waals surface area contributed by atoms with Crippen LogP contribution in [0.15, 0.2) is 121 Å². The summed E-state index contributed by atoms with van der Waals surface area (Å²) in [5.41, 5.74) is 5.54. The molecule has 0 amide bonds. The van der Waals surface area contributed by atoms with Crippen LogP contribution < -0.4 is 0 Å². The van der Waals surface area contributed by atoms with Crippen LogP contribution in [0.2, 0.25) is 16.6 Å². The molecule has 5 rings (SSSR count). The highest BCUT2D eigenvalue weighted by atomic mass is 28.4. The third-order valence-corrected chi connectivity index (χ3v) is 16.0. The number of ether oxygens (including phenoxy) is 5. The van der Waals surface area contributed by atoms with Crippen molar-refractivity contribution in [2.75, 3.05) is 6.61 Å².